The van der Waals surface area contributed by atoms with Crippen LogP contribution in [0.3, 0.4) is 0 Å². The number of anilines is 1. The maximum Gasteiger partial charge on any atom is 0.412 e. The highest BCUT2D eigenvalue weighted by molar-refractivity contribution is 5.92. The predicted molar refractivity (Wildman–Crippen MR) is 99.1 cm³/mol. The van der Waals surface area contributed by atoms with E-state index in [1.54, 1.807) is 32.9 Å². The molecule has 0 atom stereocenters. The van der Waals surface area contributed by atoms with Gasteiger partial charge in [-0.2, -0.15) is 0 Å². The average Bonchev–Trinajstić information content (AvgIpc) is 2.51. The summed E-state index contributed by atoms with van der Waals surface area (Å²) in [5.41, 5.74) is -0.181. The fourth-order valence-electron chi connectivity index (χ4n) is 1.83. The standard InChI is InChI=1S/C19H28N2O5/c1-7-19(5,6)21-15(22)12-25-16(23)13-8-10-14(11-9-13)20-17(24)26-18(2,3)4/h8-11H,7,12H2,1-6H3,(H,20,24)(H,21,22). The first-order valence-electron chi connectivity index (χ1n) is 8.50. The van der Waals surface area contributed by atoms with E-state index >= 15 is 0 Å². The van der Waals surface area contributed by atoms with Crippen LogP contribution in [-0.2, 0) is 14.3 Å². The van der Waals surface area contributed by atoms with E-state index in [9.17, 15) is 14.4 Å². The van der Waals surface area contributed by atoms with Crippen LogP contribution in [0.15, 0.2) is 24.3 Å². The molecular formula is C19H28N2O5. The van der Waals surface area contributed by atoms with E-state index in [4.69, 9.17) is 9.47 Å². The molecule has 0 fully saturated rings. The summed E-state index contributed by atoms with van der Waals surface area (Å²) in [6.45, 7) is 10.7. The van der Waals surface area contributed by atoms with Crippen LogP contribution in [0.25, 0.3) is 0 Å². The number of carbonyl (C=O) groups is 3. The van der Waals surface area contributed by atoms with E-state index in [1.807, 2.05) is 20.8 Å². The maximum absolute atomic E-state index is 12.0. The lowest BCUT2D eigenvalue weighted by Gasteiger charge is -2.24. The van der Waals surface area contributed by atoms with Crippen LogP contribution in [0, 0.1) is 0 Å². The second kappa shape index (κ2) is 8.69. The molecule has 0 saturated heterocycles. The van der Waals surface area contributed by atoms with Crippen LogP contribution >= 0.6 is 0 Å². The van der Waals surface area contributed by atoms with Crippen molar-refractivity contribution in [3.05, 3.63) is 29.8 Å². The third-order valence-electron chi connectivity index (χ3n) is 3.46. The topological polar surface area (TPSA) is 93.7 Å². The van der Waals surface area contributed by atoms with Crippen molar-refractivity contribution in [3.63, 3.8) is 0 Å². The number of hydrogen-bond acceptors (Lipinski definition) is 5. The highest BCUT2D eigenvalue weighted by Crippen LogP contribution is 2.13. The average molecular weight is 364 g/mol. The molecule has 1 rings (SSSR count). The van der Waals surface area contributed by atoms with Crippen LogP contribution in [0.1, 0.15) is 58.3 Å². The maximum atomic E-state index is 12.0. The van der Waals surface area contributed by atoms with Gasteiger partial charge in [-0.05, 0) is 65.3 Å². The Kier molecular flexibility index (Phi) is 7.18. The SMILES string of the molecule is CCC(C)(C)NC(=O)COC(=O)c1ccc(NC(=O)OC(C)(C)C)cc1. The van der Waals surface area contributed by atoms with Gasteiger partial charge in [0.1, 0.15) is 5.60 Å². The molecule has 7 heteroatoms. The Hall–Kier alpha value is -2.57. The fourth-order valence-corrected chi connectivity index (χ4v) is 1.83. The van der Waals surface area contributed by atoms with E-state index in [0.29, 0.717) is 5.69 Å². The first-order valence-corrected chi connectivity index (χ1v) is 8.50. The highest BCUT2D eigenvalue weighted by Gasteiger charge is 2.19. The summed E-state index contributed by atoms with van der Waals surface area (Å²) in [5.74, 6) is -0.966. The second-order valence-corrected chi connectivity index (χ2v) is 7.57. The van der Waals surface area contributed by atoms with Gasteiger partial charge >= 0.3 is 12.1 Å². The van der Waals surface area contributed by atoms with Crippen LogP contribution in [0.4, 0.5) is 10.5 Å². The number of ether oxygens (including phenoxy) is 2. The number of hydrogen-bond donors (Lipinski definition) is 2. The molecule has 7 nitrogen and oxygen atoms in total. The number of carbonyl (C=O) groups excluding carboxylic acids is 3. The van der Waals surface area contributed by atoms with E-state index in [-0.39, 0.29) is 23.6 Å². The minimum Gasteiger partial charge on any atom is -0.452 e. The summed E-state index contributed by atoms with van der Waals surface area (Å²) < 4.78 is 10.2. The first kappa shape index (κ1) is 21.5. The third kappa shape index (κ3) is 8.00. The molecule has 0 aliphatic carbocycles. The van der Waals surface area contributed by atoms with Crippen LogP contribution in [-0.4, -0.2) is 35.7 Å². The van der Waals surface area contributed by atoms with Gasteiger partial charge in [-0.3, -0.25) is 10.1 Å². The quantitative estimate of drug-likeness (QED) is 0.754. The molecule has 26 heavy (non-hydrogen) atoms. The van der Waals surface area contributed by atoms with Gasteiger partial charge in [0, 0.05) is 11.2 Å². The van der Waals surface area contributed by atoms with Gasteiger partial charge in [0.2, 0.25) is 0 Å². The summed E-state index contributed by atoms with van der Waals surface area (Å²) in [6, 6.07) is 6.12. The van der Waals surface area contributed by atoms with Gasteiger partial charge in [0.25, 0.3) is 5.91 Å². The summed E-state index contributed by atoms with van der Waals surface area (Å²) >= 11 is 0. The van der Waals surface area contributed by atoms with Crippen molar-refractivity contribution in [3.8, 4) is 0 Å². The molecule has 0 spiro atoms. The summed E-state index contributed by atoms with van der Waals surface area (Å²) in [4.78, 5) is 35.5. The zero-order chi connectivity index (χ0) is 20.0. The first-order chi connectivity index (χ1) is 11.9. The van der Waals surface area contributed by atoms with Crippen molar-refractivity contribution in [1.82, 2.24) is 5.32 Å². The van der Waals surface area contributed by atoms with Crippen molar-refractivity contribution in [2.45, 2.75) is 59.1 Å². The Labute approximate surface area is 154 Å². The molecule has 0 aromatic heterocycles. The Bertz CT molecular complexity index is 645. The molecule has 2 amide bonds. The molecule has 1 aromatic carbocycles. The molecule has 0 unspecified atom stereocenters. The molecule has 0 aliphatic heterocycles. The van der Waals surface area contributed by atoms with Crippen molar-refractivity contribution >= 4 is 23.7 Å². The molecule has 144 valence electrons. The lowest BCUT2D eigenvalue weighted by atomic mass is 10.0. The van der Waals surface area contributed by atoms with Crippen molar-refractivity contribution < 1.29 is 23.9 Å². The zero-order valence-electron chi connectivity index (χ0n) is 16.3. The van der Waals surface area contributed by atoms with Gasteiger partial charge in [-0.1, -0.05) is 6.92 Å². The largest absolute Gasteiger partial charge is 0.452 e. The van der Waals surface area contributed by atoms with E-state index < -0.39 is 17.7 Å². The normalized spacial score (nSPS) is 11.5. The molecule has 0 bridgehead atoms. The Balaban J connectivity index is 2.54. The van der Waals surface area contributed by atoms with Crippen molar-refractivity contribution in [1.29, 1.82) is 0 Å². The molecule has 1 aromatic rings. The predicted octanol–water partition coefficient (Wildman–Crippen LogP) is 3.50. The van der Waals surface area contributed by atoms with Crippen molar-refractivity contribution in [2.75, 3.05) is 11.9 Å². The van der Waals surface area contributed by atoms with Gasteiger partial charge in [-0.25, -0.2) is 9.59 Å². The highest BCUT2D eigenvalue weighted by atomic mass is 16.6. The third-order valence-corrected chi connectivity index (χ3v) is 3.46. The van der Waals surface area contributed by atoms with Gasteiger partial charge in [0.15, 0.2) is 6.61 Å². The molecule has 0 radical (unpaired) electrons. The van der Waals surface area contributed by atoms with Gasteiger partial charge in [0.05, 0.1) is 5.56 Å². The zero-order valence-corrected chi connectivity index (χ0v) is 16.3. The number of rotatable bonds is 6. The Morgan fingerprint density at radius 2 is 1.58 bits per heavy atom. The monoisotopic (exact) mass is 364 g/mol. The van der Waals surface area contributed by atoms with Crippen LogP contribution < -0.4 is 10.6 Å². The lowest BCUT2D eigenvalue weighted by Crippen LogP contribution is -2.44. The Morgan fingerprint density at radius 1 is 1.00 bits per heavy atom. The number of amides is 2. The Morgan fingerprint density at radius 3 is 2.08 bits per heavy atom. The van der Waals surface area contributed by atoms with Crippen LogP contribution in [0.2, 0.25) is 0 Å². The summed E-state index contributed by atoms with van der Waals surface area (Å²) in [7, 11) is 0. The fraction of sp³-hybridized carbons (Fsp3) is 0.526. The second-order valence-electron chi connectivity index (χ2n) is 7.57. The van der Waals surface area contributed by atoms with E-state index in [2.05, 4.69) is 10.6 Å². The molecule has 2 N–H and O–H groups in total. The van der Waals surface area contributed by atoms with E-state index in [0.717, 1.165) is 6.42 Å². The van der Waals surface area contributed by atoms with E-state index in [1.165, 1.54) is 12.1 Å². The molecular weight excluding hydrogens is 336 g/mol. The molecule has 0 saturated carbocycles. The van der Waals surface area contributed by atoms with Gasteiger partial charge < -0.3 is 14.8 Å². The number of nitrogens with one attached hydrogen (secondary N) is 2. The number of esters is 1. The molecule has 0 aliphatic rings. The minimum atomic E-state index is -0.613. The molecule has 0 heterocycles. The minimum absolute atomic E-state index is 0.280. The van der Waals surface area contributed by atoms with Gasteiger partial charge in [-0.15, -0.1) is 0 Å². The number of benzene rings is 1. The lowest BCUT2D eigenvalue weighted by molar-refractivity contribution is -0.125. The van der Waals surface area contributed by atoms with Crippen LogP contribution in [0.5, 0.6) is 0 Å². The summed E-state index contributed by atoms with van der Waals surface area (Å²) in [5, 5.41) is 5.35. The summed E-state index contributed by atoms with van der Waals surface area (Å²) in [6.07, 6.45) is 0.182. The van der Waals surface area contributed by atoms with Crippen molar-refractivity contribution in [2.24, 2.45) is 0 Å². The smallest absolute Gasteiger partial charge is 0.412 e.